The van der Waals surface area contributed by atoms with Crippen molar-refractivity contribution in [3.8, 4) is 0 Å². The Labute approximate surface area is 563 Å². The van der Waals surface area contributed by atoms with E-state index in [1.54, 1.807) is 0 Å². The van der Waals surface area contributed by atoms with Gasteiger partial charge < -0.3 is 14.6 Å². The van der Waals surface area contributed by atoms with E-state index in [9.17, 15) is 14.7 Å². The van der Waals surface area contributed by atoms with Crippen LogP contribution < -0.4 is 0 Å². The fourth-order valence-corrected chi connectivity index (χ4v) is 12.8. The standard InChI is InChI=1S/C85H158O5/c1-3-5-7-9-11-13-15-17-19-21-23-25-27-29-31-33-35-37-39-41-42-44-45-47-49-51-53-55-57-59-61-63-65-67-69-71-73-75-77-79-84(87)89-82-83(81-86)90-85(88)80-78-76-74-72-70-68-66-64-62-60-58-56-54-52-50-48-46-43-40-38-36-34-32-30-28-26-24-22-20-18-16-14-12-10-8-6-4-2/h6,8,12,14,18,20,24,26,30,32,83,86H,3-5,7,9-11,13,15-17,19,21-23,25,27-29,31,33-82H2,1-2H3/b8-6-,14-12-,20-18-,26-24-,32-30-. The zero-order valence-electron chi connectivity index (χ0n) is 60.9. The summed E-state index contributed by atoms with van der Waals surface area (Å²) in [5.41, 5.74) is 0. The Morgan fingerprint density at radius 1 is 0.267 bits per heavy atom. The van der Waals surface area contributed by atoms with Crippen LogP contribution in [-0.2, 0) is 19.1 Å². The van der Waals surface area contributed by atoms with Crippen molar-refractivity contribution in [1.29, 1.82) is 0 Å². The lowest BCUT2D eigenvalue weighted by atomic mass is 10.0. The molecule has 0 aliphatic carbocycles. The number of allylic oxidation sites excluding steroid dienone is 10. The molecule has 0 rings (SSSR count). The molecule has 1 unspecified atom stereocenters. The summed E-state index contributed by atoms with van der Waals surface area (Å²) in [5, 5.41) is 9.73. The van der Waals surface area contributed by atoms with Gasteiger partial charge in [-0.1, -0.05) is 441 Å². The van der Waals surface area contributed by atoms with E-state index < -0.39 is 6.10 Å². The van der Waals surface area contributed by atoms with Gasteiger partial charge >= 0.3 is 11.9 Å². The molecule has 0 fully saturated rings. The Morgan fingerprint density at radius 2 is 0.478 bits per heavy atom. The van der Waals surface area contributed by atoms with E-state index in [4.69, 9.17) is 9.47 Å². The third kappa shape index (κ3) is 78.0. The van der Waals surface area contributed by atoms with Crippen LogP contribution in [0.25, 0.3) is 0 Å². The van der Waals surface area contributed by atoms with Crippen LogP contribution in [-0.4, -0.2) is 36.4 Å². The second-order valence-corrected chi connectivity index (χ2v) is 27.8. The van der Waals surface area contributed by atoms with Gasteiger partial charge in [0.15, 0.2) is 6.10 Å². The average Bonchev–Trinajstić information content (AvgIpc) is 3.62. The smallest absolute Gasteiger partial charge is 0.306 e. The number of aliphatic hydroxyl groups is 1. The molecule has 0 aliphatic heterocycles. The number of carbonyl (C=O) groups is 2. The zero-order chi connectivity index (χ0) is 64.7. The van der Waals surface area contributed by atoms with Crippen molar-refractivity contribution in [1.82, 2.24) is 0 Å². The number of carbonyl (C=O) groups excluding carboxylic acids is 2. The van der Waals surface area contributed by atoms with Gasteiger partial charge in [0, 0.05) is 12.8 Å². The van der Waals surface area contributed by atoms with Gasteiger partial charge in [-0.25, -0.2) is 0 Å². The zero-order valence-corrected chi connectivity index (χ0v) is 60.9. The lowest BCUT2D eigenvalue weighted by Gasteiger charge is -2.15. The van der Waals surface area contributed by atoms with Crippen LogP contribution in [0.15, 0.2) is 60.8 Å². The topological polar surface area (TPSA) is 72.8 Å². The van der Waals surface area contributed by atoms with Gasteiger partial charge in [0.1, 0.15) is 6.61 Å². The van der Waals surface area contributed by atoms with Gasteiger partial charge in [-0.15, -0.1) is 0 Å². The molecule has 0 aromatic rings. The maximum Gasteiger partial charge on any atom is 0.306 e. The van der Waals surface area contributed by atoms with Crippen molar-refractivity contribution in [2.45, 2.75) is 457 Å². The Morgan fingerprint density at radius 3 is 0.722 bits per heavy atom. The fraction of sp³-hybridized carbons (Fsp3) is 0.859. The lowest BCUT2D eigenvalue weighted by Crippen LogP contribution is -2.28. The molecule has 0 heterocycles. The van der Waals surface area contributed by atoms with Gasteiger partial charge in [0.05, 0.1) is 6.61 Å². The summed E-state index contributed by atoms with van der Waals surface area (Å²) >= 11 is 0. The number of ether oxygens (including phenoxy) is 2. The molecular formula is C85H158O5. The maximum atomic E-state index is 12.4. The van der Waals surface area contributed by atoms with Gasteiger partial charge in [-0.05, 0) is 57.8 Å². The van der Waals surface area contributed by atoms with E-state index in [-0.39, 0.29) is 25.2 Å². The highest BCUT2D eigenvalue weighted by molar-refractivity contribution is 5.70. The third-order valence-electron chi connectivity index (χ3n) is 18.8. The van der Waals surface area contributed by atoms with Gasteiger partial charge in [0.25, 0.3) is 0 Å². The normalized spacial score (nSPS) is 12.4. The highest BCUT2D eigenvalue weighted by Gasteiger charge is 2.16. The number of esters is 2. The first kappa shape index (κ1) is 87.6. The van der Waals surface area contributed by atoms with Crippen LogP contribution in [0.1, 0.15) is 450 Å². The minimum absolute atomic E-state index is 0.0594. The van der Waals surface area contributed by atoms with Gasteiger partial charge in [-0.3, -0.25) is 9.59 Å². The summed E-state index contributed by atoms with van der Waals surface area (Å²) in [6.45, 7) is 4.10. The van der Waals surface area contributed by atoms with E-state index >= 15 is 0 Å². The first-order valence-electron chi connectivity index (χ1n) is 40.8. The molecule has 5 nitrogen and oxygen atoms in total. The molecule has 0 spiro atoms. The summed E-state index contributed by atoms with van der Waals surface area (Å²) in [6.07, 6.45) is 112. The second kappa shape index (κ2) is 80.8. The summed E-state index contributed by atoms with van der Waals surface area (Å²) < 4.78 is 10.8. The summed E-state index contributed by atoms with van der Waals surface area (Å²) in [5.74, 6) is -0.564. The van der Waals surface area contributed by atoms with E-state index in [0.717, 1.165) is 64.2 Å². The number of aliphatic hydroxyl groups excluding tert-OH is 1. The highest BCUT2D eigenvalue weighted by atomic mass is 16.6. The Balaban J connectivity index is 3.36. The fourth-order valence-electron chi connectivity index (χ4n) is 12.8. The van der Waals surface area contributed by atoms with Crippen molar-refractivity contribution in [3.05, 3.63) is 60.8 Å². The number of unbranched alkanes of at least 4 members (excludes halogenated alkanes) is 59. The van der Waals surface area contributed by atoms with Crippen molar-refractivity contribution in [2.75, 3.05) is 13.2 Å². The highest BCUT2D eigenvalue weighted by Crippen LogP contribution is 2.20. The molecule has 5 heteroatoms. The molecule has 0 saturated carbocycles. The van der Waals surface area contributed by atoms with Crippen LogP contribution in [0.4, 0.5) is 0 Å². The first-order valence-corrected chi connectivity index (χ1v) is 40.8. The van der Waals surface area contributed by atoms with Crippen LogP contribution in [0, 0.1) is 0 Å². The van der Waals surface area contributed by atoms with Crippen LogP contribution in [0.3, 0.4) is 0 Å². The Hall–Kier alpha value is -2.40. The number of hydrogen-bond donors (Lipinski definition) is 1. The van der Waals surface area contributed by atoms with Crippen LogP contribution >= 0.6 is 0 Å². The van der Waals surface area contributed by atoms with E-state index in [2.05, 4.69) is 74.6 Å². The minimum atomic E-state index is -0.771. The van der Waals surface area contributed by atoms with Gasteiger partial charge in [0.2, 0.25) is 0 Å². The predicted molar refractivity (Wildman–Crippen MR) is 399 cm³/mol. The summed E-state index contributed by atoms with van der Waals surface area (Å²) in [4.78, 5) is 24.7. The van der Waals surface area contributed by atoms with Crippen molar-refractivity contribution in [2.24, 2.45) is 0 Å². The molecular weight excluding hydrogens is 1100 g/mol. The predicted octanol–water partition coefficient (Wildman–Crippen LogP) is 28.8. The number of rotatable bonds is 77. The second-order valence-electron chi connectivity index (χ2n) is 27.8. The van der Waals surface area contributed by atoms with Crippen molar-refractivity contribution in [3.63, 3.8) is 0 Å². The third-order valence-corrected chi connectivity index (χ3v) is 18.8. The van der Waals surface area contributed by atoms with Crippen molar-refractivity contribution < 1.29 is 24.2 Å². The molecule has 0 aromatic heterocycles. The van der Waals surface area contributed by atoms with Crippen molar-refractivity contribution >= 4 is 11.9 Å². The first-order chi connectivity index (χ1) is 44.6. The molecule has 90 heavy (non-hydrogen) atoms. The lowest BCUT2D eigenvalue weighted by molar-refractivity contribution is -0.161. The van der Waals surface area contributed by atoms with Crippen LogP contribution in [0.5, 0.6) is 0 Å². The van der Waals surface area contributed by atoms with Gasteiger partial charge in [-0.2, -0.15) is 0 Å². The molecule has 0 saturated heterocycles. The maximum absolute atomic E-state index is 12.4. The molecule has 0 aliphatic rings. The SMILES string of the molecule is CC/C=C\C/C=C\C/C=C\C/C=C\C/C=C\CCCCCCCCCCCCCCCCCCCCCCCC(=O)OC(CO)COC(=O)CCCCCCCCCCCCCCCCCCCCCCCCCCCCCCCCCCCCCCCCC. The molecule has 1 N–H and O–H groups in total. The van der Waals surface area contributed by atoms with E-state index in [1.807, 2.05) is 0 Å². The minimum Gasteiger partial charge on any atom is -0.462 e. The largest absolute Gasteiger partial charge is 0.462 e. The average molecular weight is 1260 g/mol. The van der Waals surface area contributed by atoms with E-state index in [0.29, 0.717) is 12.8 Å². The molecule has 1 atom stereocenters. The molecule has 0 aromatic carbocycles. The molecule has 0 radical (unpaired) electrons. The number of hydrogen-bond acceptors (Lipinski definition) is 5. The molecule has 0 bridgehead atoms. The monoisotopic (exact) mass is 1260 g/mol. The molecule has 0 amide bonds. The summed E-state index contributed by atoms with van der Waals surface area (Å²) in [6, 6.07) is 0. The quantitative estimate of drug-likeness (QED) is 0.0373. The van der Waals surface area contributed by atoms with Crippen LogP contribution in [0.2, 0.25) is 0 Å². The van der Waals surface area contributed by atoms with E-state index in [1.165, 1.54) is 360 Å². The summed E-state index contributed by atoms with van der Waals surface area (Å²) in [7, 11) is 0. The Kier molecular flexibility index (Phi) is 78.7. The molecule has 528 valence electrons. The Bertz CT molecular complexity index is 1520.